The van der Waals surface area contributed by atoms with E-state index >= 15 is 0 Å². The van der Waals surface area contributed by atoms with E-state index in [0.717, 1.165) is 6.20 Å². The number of nitriles is 1. The molecule has 1 heterocycles. The molecule has 0 saturated carbocycles. The highest BCUT2D eigenvalue weighted by Gasteiger charge is 2.25. The van der Waals surface area contributed by atoms with Crippen molar-refractivity contribution >= 4 is 11.6 Å². The third kappa shape index (κ3) is 2.73. The van der Waals surface area contributed by atoms with Crippen molar-refractivity contribution in [2.45, 2.75) is 12.5 Å². The van der Waals surface area contributed by atoms with Gasteiger partial charge in [0.1, 0.15) is 11.9 Å². The summed E-state index contributed by atoms with van der Waals surface area (Å²) in [5.74, 6) is -0.443. The van der Waals surface area contributed by atoms with Gasteiger partial charge >= 0.3 is 0 Å². The first-order valence-electron chi connectivity index (χ1n) is 5.48. The van der Waals surface area contributed by atoms with Gasteiger partial charge in [-0.3, -0.25) is 4.98 Å². The molecule has 0 spiro atoms. The molecule has 0 aliphatic rings. The van der Waals surface area contributed by atoms with Crippen LogP contribution in [-0.2, 0) is 5.60 Å². The Morgan fingerprint density at radius 2 is 2.05 bits per heavy atom. The van der Waals surface area contributed by atoms with Crippen molar-refractivity contribution in [3.05, 3.63) is 53.1 Å². The Bertz CT molecular complexity index is 665. The summed E-state index contributed by atoms with van der Waals surface area (Å²) in [5, 5.41) is 19.0. The molecule has 96 valence electrons. The fraction of sp³-hybridized carbons (Fsp3) is 0.143. The molecule has 3 nitrogen and oxygen atoms in total. The average molecular weight is 277 g/mol. The molecular formula is C14H10ClFN2O. The van der Waals surface area contributed by atoms with Crippen LogP contribution in [-0.4, -0.2) is 10.1 Å². The van der Waals surface area contributed by atoms with E-state index in [2.05, 4.69) is 4.98 Å². The summed E-state index contributed by atoms with van der Waals surface area (Å²) in [4.78, 5) is 3.76. The van der Waals surface area contributed by atoms with E-state index in [1.807, 2.05) is 0 Å². The van der Waals surface area contributed by atoms with Crippen molar-refractivity contribution in [2.75, 3.05) is 0 Å². The van der Waals surface area contributed by atoms with Gasteiger partial charge in [-0.2, -0.15) is 5.26 Å². The zero-order chi connectivity index (χ0) is 14.0. The summed E-state index contributed by atoms with van der Waals surface area (Å²) in [7, 11) is 0. The molecule has 0 bridgehead atoms. The van der Waals surface area contributed by atoms with Crippen LogP contribution in [0.15, 0.2) is 36.7 Å². The zero-order valence-electron chi connectivity index (χ0n) is 10.1. The number of nitrogens with zero attached hydrogens (tertiary/aromatic N) is 2. The minimum absolute atomic E-state index is 0.244. The van der Waals surface area contributed by atoms with Crippen LogP contribution in [0.1, 0.15) is 12.5 Å². The lowest BCUT2D eigenvalue weighted by molar-refractivity contribution is 0.120. The van der Waals surface area contributed by atoms with Crippen LogP contribution in [0.5, 0.6) is 0 Å². The SMILES string of the molecule is CC(O)(C#N)c1ccc(-c2cncc(F)c2)cc1Cl. The molecule has 0 fully saturated rings. The summed E-state index contributed by atoms with van der Waals surface area (Å²) in [5.41, 5.74) is -0.111. The van der Waals surface area contributed by atoms with Gasteiger partial charge < -0.3 is 5.11 Å². The number of benzene rings is 1. The topological polar surface area (TPSA) is 56.9 Å². The van der Waals surface area contributed by atoms with E-state index in [1.54, 1.807) is 24.3 Å². The highest BCUT2D eigenvalue weighted by Crippen LogP contribution is 2.31. The molecule has 0 amide bonds. The molecule has 1 aromatic heterocycles. The van der Waals surface area contributed by atoms with Gasteiger partial charge in [0.2, 0.25) is 0 Å². The third-order valence-corrected chi connectivity index (χ3v) is 3.06. The van der Waals surface area contributed by atoms with Gasteiger partial charge in [-0.15, -0.1) is 0 Å². The van der Waals surface area contributed by atoms with Crippen LogP contribution in [0.25, 0.3) is 11.1 Å². The van der Waals surface area contributed by atoms with Gasteiger partial charge in [-0.05, 0) is 24.6 Å². The number of pyridine rings is 1. The second kappa shape index (κ2) is 4.96. The van der Waals surface area contributed by atoms with Crippen LogP contribution >= 0.6 is 11.6 Å². The fourth-order valence-electron chi connectivity index (χ4n) is 1.72. The van der Waals surface area contributed by atoms with Crippen molar-refractivity contribution in [3.63, 3.8) is 0 Å². The highest BCUT2D eigenvalue weighted by atomic mass is 35.5. The van der Waals surface area contributed by atoms with Gasteiger partial charge in [-0.25, -0.2) is 4.39 Å². The van der Waals surface area contributed by atoms with Crippen molar-refractivity contribution in [2.24, 2.45) is 0 Å². The van der Waals surface area contributed by atoms with Crippen molar-refractivity contribution in [3.8, 4) is 17.2 Å². The molecule has 0 radical (unpaired) electrons. The van der Waals surface area contributed by atoms with Crippen LogP contribution in [0.3, 0.4) is 0 Å². The first kappa shape index (κ1) is 13.5. The lowest BCUT2D eigenvalue weighted by atomic mass is 9.95. The molecule has 0 saturated heterocycles. The fourth-order valence-corrected chi connectivity index (χ4v) is 2.08. The number of aromatic nitrogens is 1. The molecule has 1 unspecified atom stereocenters. The molecule has 0 aliphatic heterocycles. The minimum atomic E-state index is -1.66. The third-order valence-electron chi connectivity index (χ3n) is 2.75. The summed E-state index contributed by atoms with van der Waals surface area (Å²) in [6.07, 6.45) is 2.62. The number of halogens is 2. The van der Waals surface area contributed by atoms with E-state index in [1.165, 1.54) is 19.2 Å². The normalized spacial score (nSPS) is 13.6. The Kier molecular flexibility index (Phi) is 3.52. The maximum absolute atomic E-state index is 13.1. The quantitative estimate of drug-likeness (QED) is 0.857. The van der Waals surface area contributed by atoms with E-state index in [0.29, 0.717) is 16.7 Å². The lowest BCUT2D eigenvalue weighted by Crippen LogP contribution is -2.18. The summed E-state index contributed by atoms with van der Waals surface area (Å²) >= 11 is 6.06. The minimum Gasteiger partial charge on any atom is -0.372 e. The molecule has 1 N–H and O–H groups in total. The van der Waals surface area contributed by atoms with E-state index in [4.69, 9.17) is 16.9 Å². The number of hydrogen-bond acceptors (Lipinski definition) is 3. The Hall–Kier alpha value is -1.96. The summed E-state index contributed by atoms with van der Waals surface area (Å²) in [6.45, 7) is 1.36. The highest BCUT2D eigenvalue weighted by molar-refractivity contribution is 6.31. The molecular weight excluding hydrogens is 267 g/mol. The van der Waals surface area contributed by atoms with Gasteiger partial charge in [0.25, 0.3) is 0 Å². The second-order valence-electron chi connectivity index (χ2n) is 4.27. The van der Waals surface area contributed by atoms with Gasteiger partial charge in [0, 0.05) is 22.3 Å². The van der Waals surface area contributed by atoms with Crippen molar-refractivity contribution in [1.82, 2.24) is 4.98 Å². The Morgan fingerprint density at radius 3 is 2.63 bits per heavy atom. The van der Waals surface area contributed by atoms with Gasteiger partial charge in [0.15, 0.2) is 5.60 Å². The second-order valence-corrected chi connectivity index (χ2v) is 4.68. The predicted octanol–water partition coefficient (Wildman–Crippen LogP) is 3.27. The van der Waals surface area contributed by atoms with Crippen molar-refractivity contribution in [1.29, 1.82) is 5.26 Å². The molecule has 0 aliphatic carbocycles. The van der Waals surface area contributed by atoms with Crippen LogP contribution in [0, 0.1) is 17.1 Å². The summed E-state index contributed by atoms with van der Waals surface area (Å²) in [6, 6.07) is 7.87. The lowest BCUT2D eigenvalue weighted by Gasteiger charge is -2.17. The zero-order valence-corrected chi connectivity index (χ0v) is 10.8. The largest absolute Gasteiger partial charge is 0.372 e. The maximum atomic E-state index is 13.1. The molecule has 1 aromatic carbocycles. The number of aliphatic hydroxyl groups is 1. The first-order chi connectivity index (χ1) is 8.94. The van der Waals surface area contributed by atoms with E-state index in [-0.39, 0.29) is 5.02 Å². The van der Waals surface area contributed by atoms with Crippen LogP contribution < -0.4 is 0 Å². The molecule has 2 aromatic rings. The maximum Gasteiger partial charge on any atom is 0.175 e. The Labute approximate surface area is 114 Å². The monoisotopic (exact) mass is 276 g/mol. The molecule has 19 heavy (non-hydrogen) atoms. The van der Waals surface area contributed by atoms with Crippen LogP contribution in [0.2, 0.25) is 5.02 Å². The van der Waals surface area contributed by atoms with Gasteiger partial charge in [0.05, 0.1) is 6.20 Å². The molecule has 1 atom stereocenters. The Balaban J connectivity index is 2.48. The first-order valence-corrected chi connectivity index (χ1v) is 5.86. The smallest absolute Gasteiger partial charge is 0.175 e. The number of hydrogen-bond donors (Lipinski definition) is 1. The molecule has 2 rings (SSSR count). The predicted molar refractivity (Wildman–Crippen MR) is 69.8 cm³/mol. The summed E-state index contributed by atoms with van der Waals surface area (Å²) < 4.78 is 13.1. The van der Waals surface area contributed by atoms with E-state index < -0.39 is 11.4 Å². The standard InChI is InChI=1S/C14H10ClFN2O/c1-14(19,8-17)12-3-2-9(5-13(12)15)10-4-11(16)7-18-6-10/h2-7,19H,1H3. The van der Waals surface area contributed by atoms with Crippen molar-refractivity contribution < 1.29 is 9.50 Å². The average Bonchev–Trinajstić information content (AvgIpc) is 2.38. The Morgan fingerprint density at radius 1 is 1.32 bits per heavy atom. The van der Waals surface area contributed by atoms with Crippen LogP contribution in [0.4, 0.5) is 4.39 Å². The number of rotatable bonds is 2. The van der Waals surface area contributed by atoms with E-state index in [9.17, 15) is 9.50 Å². The molecule has 5 heteroatoms. The van der Waals surface area contributed by atoms with Gasteiger partial charge in [-0.1, -0.05) is 23.7 Å².